The Labute approximate surface area is 210 Å². The van der Waals surface area contributed by atoms with Crippen LogP contribution in [0.4, 0.5) is 10.5 Å². The quantitative estimate of drug-likeness (QED) is 0.348. The first-order valence-corrected chi connectivity index (χ1v) is 11.6. The second-order valence-corrected chi connectivity index (χ2v) is 9.67. The molecule has 2 aromatic carbocycles. The van der Waals surface area contributed by atoms with Crippen LogP contribution in [-0.2, 0) is 17.8 Å². The van der Waals surface area contributed by atoms with Crippen LogP contribution in [0.2, 0.25) is 10.0 Å². The van der Waals surface area contributed by atoms with Gasteiger partial charge in [0.05, 0.1) is 25.0 Å². The van der Waals surface area contributed by atoms with Gasteiger partial charge in [0, 0.05) is 27.0 Å². The average Bonchev–Trinajstić information content (AvgIpc) is 2.95. The molecule has 2 heterocycles. The summed E-state index contributed by atoms with van der Waals surface area (Å²) >= 11 is 15.8. The van der Waals surface area contributed by atoms with Crippen molar-refractivity contribution in [3.05, 3.63) is 86.4 Å². The van der Waals surface area contributed by atoms with Crippen LogP contribution < -0.4 is 9.64 Å². The topological polar surface area (TPSA) is 62.7 Å². The van der Waals surface area contributed by atoms with Crippen molar-refractivity contribution in [1.82, 2.24) is 9.88 Å². The number of benzene rings is 2. The number of carbonyl (C=O) groups excluding carboxylic acids is 2. The lowest BCUT2D eigenvalue weighted by molar-refractivity contribution is -0.124. The molecule has 1 saturated heterocycles. The fourth-order valence-electron chi connectivity index (χ4n) is 3.91. The van der Waals surface area contributed by atoms with E-state index in [1.165, 1.54) is 12.0 Å². The molecule has 1 atom stereocenters. The molecule has 3 amide bonds. The van der Waals surface area contributed by atoms with Crippen molar-refractivity contribution in [1.29, 1.82) is 0 Å². The highest BCUT2D eigenvalue weighted by Gasteiger charge is 2.54. The molecule has 33 heavy (non-hydrogen) atoms. The number of carbonyl (C=O) groups is 2. The van der Waals surface area contributed by atoms with Crippen LogP contribution in [0.25, 0.3) is 0 Å². The van der Waals surface area contributed by atoms with Crippen molar-refractivity contribution in [2.24, 2.45) is 0 Å². The van der Waals surface area contributed by atoms with Gasteiger partial charge in [0.25, 0.3) is 5.91 Å². The Morgan fingerprint density at radius 3 is 2.33 bits per heavy atom. The Hall–Kier alpha value is -2.61. The number of anilines is 1. The predicted octanol–water partition coefficient (Wildman–Crippen LogP) is 6.13. The van der Waals surface area contributed by atoms with Crippen molar-refractivity contribution in [2.75, 3.05) is 12.0 Å². The van der Waals surface area contributed by atoms with Crippen molar-refractivity contribution in [2.45, 2.75) is 25.4 Å². The van der Waals surface area contributed by atoms with Gasteiger partial charge >= 0.3 is 6.03 Å². The molecule has 6 nitrogen and oxygen atoms in total. The van der Waals surface area contributed by atoms with Crippen LogP contribution in [0.3, 0.4) is 0 Å². The summed E-state index contributed by atoms with van der Waals surface area (Å²) < 4.78 is 6.15. The Bertz CT molecular complexity index is 1200. The Balaban J connectivity index is 1.77. The highest BCUT2D eigenvalue weighted by atomic mass is 79.9. The van der Waals surface area contributed by atoms with E-state index in [2.05, 4.69) is 20.9 Å². The van der Waals surface area contributed by atoms with Crippen molar-refractivity contribution in [3.8, 4) is 5.88 Å². The molecule has 0 aliphatic carbocycles. The van der Waals surface area contributed by atoms with Crippen LogP contribution in [-0.4, -0.2) is 34.5 Å². The minimum atomic E-state index is -1.16. The Morgan fingerprint density at radius 1 is 1.03 bits per heavy atom. The van der Waals surface area contributed by atoms with Crippen molar-refractivity contribution in [3.63, 3.8) is 0 Å². The average molecular weight is 549 g/mol. The summed E-state index contributed by atoms with van der Waals surface area (Å²) in [5.41, 5.74) is 0.676. The first-order valence-electron chi connectivity index (χ1n) is 10.1. The minimum Gasteiger partial charge on any atom is -0.481 e. The molecule has 0 saturated carbocycles. The fourth-order valence-corrected chi connectivity index (χ4v) is 4.68. The lowest BCUT2D eigenvalue weighted by Gasteiger charge is -2.31. The lowest BCUT2D eigenvalue weighted by atomic mass is 9.91. The number of halogens is 3. The summed E-state index contributed by atoms with van der Waals surface area (Å²) in [4.78, 5) is 34.5. The molecule has 1 aliphatic rings. The number of rotatable bonds is 6. The zero-order chi connectivity index (χ0) is 23.8. The Morgan fingerprint density at radius 2 is 1.70 bits per heavy atom. The maximum absolute atomic E-state index is 13.8. The zero-order valence-corrected chi connectivity index (χ0v) is 21.0. The number of urea groups is 1. The van der Waals surface area contributed by atoms with E-state index in [1.54, 1.807) is 43.3 Å². The monoisotopic (exact) mass is 547 g/mol. The molecule has 1 fully saturated rings. The number of pyridine rings is 1. The fraction of sp³-hybridized carbons (Fsp3) is 0.208. The third kappa shape index (κ3) is 4.71. The number of methoxy groups -OCH3 is 1. The molecule has 3 aromatic rings. The molecule has 1 unspecified atom stereocenters. The first-order chi connectivity index (χ1) is 15.7. The summed E-state index contributed by atoms with van der Waals surface area (Å²) in [6, 6.07) is 17.2. The van der Waals surface area contributed by atoms with Crippen LogP contribution >= 0.6 is 39.1 Å². The number of ether oxygens (including phenoxy) is 1. The number of imide groups is 1. The first kappa shape index (κ1) is 23.5. The van der Waals surface area contributed by atoms with Gasteiger partial charge in [-0.25, -0.2) is 14.7 Å². The normalized spacial score (nSPS) is 18.2. The van der Waals surface area contributed by atoms with Gasteiger partial charge < -0.3 is 9.64 Å². The van der Waals surface area contributed by atoms with Gasteiger partial charge in [0.1, 0.15) is 5.54 Å². The van der Waals surface area contributed by atoms with E-state index < -0.39 is 11.6 Å². The molecule has 1 aliphatic heterocycles. The molecule has 1 aromatic heterocycles. The molecule has 0 radical (unpaired) electrons. The predicted molar refractivity (Wildman–Crippen MR) is 132 cm³/mol. The molecule has 0 bridgehead atoms. The number of nitrogens with zero attached hydrogens (tertiary/aromatic N) is 3. The van der Waals surface area contributed by atoms with Gasteiger partial charge in [-0.3, -0.25) is 4.79 Å². The zero-order valence-electron chi connectivity index (χ0n) is 17.9. The molecule has 9 heteroatoms. The van der Waals surface area contributed by atoms with Crippen LogP contribution in [0, 0.1) is 0 Å². The Kier molecular flexibility index (Phi) is 6.66. The third-order valence-corrected chi connectivity index (χ3v) is 6.52. The van der Waals surface area contributed by atoms with Crippen LogP contribution in [0.1, 0.15) is 18.2 Å². The van der Waals surface area contributed by atoms with Gasteiger partial charge in [0.2, 0.25) is 5.88 Å². The van der Waals surface area contributed by atoms with Crippen molar-refractivity contribution < 1.29 is 14.3 Å². The molecular weight excluding hydrogens is 529 g/mol. The van der Waals surface area contributed by atoms with Crippen LogP contribution in [0.15, 0.2) is 65.1 Å². The van der Waals surface area contributed by atoms with Gasteiger partial charge in [-0.2, -0.15) is 0 Å². The summed E-state index contributed by atoms with van der Waals surface area (Å²) in [7, 11) is 1.53. The van der Waals surface area contributed by atoms with Gasteiger partial charge in [-0.05, 0) is 48.9 Å². The summed E-state index contributed by atoms with van der Waals surface area (Å²) in [6.07, 6.45) is 0.319. The smallest absolute Gasteiger partial charge is 0.332 e. The molecule has 170 valence electrons. The van der Waals surface area contributed by atoms with E-state index in [0.717, 1.165) is 14.9 Å². The van der Waals surface area contributed by atoms with E-state index in [-0.39, 0.29) is 12.5 Å². The highest BCUT2D eigenvalue weighted by Crippen LogP contribution is 2.38. The third-order valence-electron chi connectivity index (χ3n) is 5.56. The highest BCUT2D eigenvalue weighted by molar-refractivity contribution is 9.10. The second-order valence-electron chi connectivity index (χ2n) is 7.89. The summed E-state index contributed by atoms with van der Waals surface area (Å²) in [5.74, 6) is 0.0650. The molecule has 4 rings (SSSR count). The van der Waals surface area contributed by atoms with E-state index in [4.69, 9.17) is 27.9 Å². The van der Waals surface area contributed by atoms with Gasteiger partial charge in [-0.1, -0.05) is 57.3 Å². The molecular formula is C24H20BrCl2N3O3. The standard InChI is InChI=1S/C24H20BrCl2N3O3/c1-24(13-15-6-8-16(25)9-7-15)22(31)30(20-11-17(26)10-18(27)12-20)23(32)29(24)14-19-4-3-5-21(28-19)33-2/h3-12H,13-14H2,1-2H3. The largest absolute Gasteiger partial charge is 0.481 e. The van der Waals surface area contributed by atoms with E-state index in [9.17, 15) is 9.59 Å². The SMILES string of the molecule is COc1cccc(CN2C(=O)N(c3cc(Cl)cc(Cl)c3)C(=O)C2(C)Cc2ccc(Br)cc2)n1. The number of amides is 3. The van der Waals surface area contributed by atoms with E-state index >= 15 is 0 Å². The molecule has 0 spiro atoms. The maximum Gasteiger partial charge on any atom is 0.332 e. The second kappa shape index (κ2) is 9.33. The number of aromatic nitrogens is 1. The lowest BCUT2D eigenvalue weighted by Crippen LogP contribution is -2.48. The molecule has 0 N–H and O–H groups in total. The van der Waals surface area contributed by atoms with Crippen LogP contribution in [0.5, 0.6) is 5.88 Å². The van der Waals surface area contributed by atoms with E-state index in [0.29, 0.717) is 33.7 Å². The number of hydrogen-bond donors (Lipinski definition) is 0. The van der Waals surface area contributed by atoms with Gasteiger partial charge in [0.15, 0.2) is 0 Å². The van der Waals surface area contributed by atoms with Gasteiger partial charge in [-0.15, -0.1) is 0 Å². The van der Waals surface area contributed by atoms with E-state index in [1.807, 2.05) is 24.3 Å². The summed E-state index contributed by atoms with van der Waals surface area (Å²) in [5, 5.41) is 0.668. The number of hydrogen-bond acceptors (Lipinski definition) is 4. The minimum absolute atomic E-state index is 0.125. The maximum atomic E-state index is 13.8. The van der Waals surface area contributed by atoms with Crippen molar-refractivity contribution >= 4 is 56.8 Å². The summed E-state index contributed by atoms with van der Waals surface area (Å²) in [6.45, 7) is 1.89.